The molecule has 3 aromatic rings. The molecule has 2 fully saturated rings. The van der Waals surface area contributed by atoms with Gasteiger partial charge in [0.1, 0.15) is 5.82 Å². The van der Waals surface area contributed by atoms with Gasteiger partial charge in [0, 0.05) is 50.5 Å². The van der Waals surface area contributed by atoms with E-state index in [4.69, 9.17) is 4.42 Å². The third-order valence-corrected chi connectivity index (χ3v) is 6.82. The molecule has 8 heteroatoms. The summed E-state index contributed by atoms with van der Waals surface area (Å²) in [6, 6.07) is 13.6. The monoisotopic (exact) mass is 476 g/mol. The summed E-state index contributed by atoms with van der Waals surface area (Å²) in [7, 11) is 0. The van der Waals surface area contributed by atoms with E-state index >= 15 is 0 Å². The number of carbonyl (C=O) groups excluding carboxylic acids is 2. The topological polar surface area (TPSA) is 69.9 Å². The molecule has 0 radical (unpaired) electrons. The van der Waals surface area contributed by atoms with Gasteiger partial charge in [-0.3, -0.25) is 9.59 Å². The summed E-state index contributed by atoms with van der Waals surface area (Å²) >= 11 is 0. The fraction of sp³-hybridized carbons (Fsp3) is 0.370. The zero-order valence-electron chi connectivity index (χ0n) is 19.7. The highest BCUT2D eigenvalue weighted by Gasteiger charge is 2.29. The molecule has 2 saturated heterocycles. The maximum atomic E-state index is 13.5. The minimum Gasteiger partial charge on any atom is -0.443 e. The summed E-state index contributed by atoms with van der Waals surface area (Å²) < 4.78 is 18.9. The lowest BCUT2D eigenvalue weighted by Crippen LogP contribution is -2.48. The van der Waals surface area contributed by atoms with E-state index in [1.54, 1.807) is 18.2 Å². The molecular weight excluding hydrogens is 447 g/mol. The molecule has 182 valence electrons. The molecule has 7 nitrogen and oxygen atoms in total. The van der Waals surface area contributed by atoms with Crippen LogP contribution in [0.4, 0.5) is 10.1 Å². The molecule has 0 atom stereocenters. The molecule has 0 bridgehead atoms. The van der Waals surface area contributed by atoms with Gasteiger partial charge >= 0.3 is 0 Å². The molecule has 2 amide bonds. The van der Waals surface area contributed by atoms with Crippen LogP contribution >= 0.6 is 0 Å². The van der Waals surface area contributed by atoms with Crippen LogP contribution in [0.3, 0.4) is 0 Å². The van der Waals surface area contributed by atoms with Gasteiger partial charge in [-0.05, 0) is 43.2 Å². The van der Waals surface area contributed by atoms with E-state index in [0.29, 0.717) is 56.2 Å². The van der Waals surface area contributed by atoms with Crippen molar-refractivity contribution in [1.29, 1.82) is 0 Å². The number of hydrogen-bond donors (Lipinski definition) is 0. The molecule has 0 saturated carbocycles. The number of nitrogens with zero attached hydrogens (tertiary/aromatic N) is 4. The number of likely N-dealkylation sites (tertiary alicyclic amines) is 1. The van der Waals surface area contributed by atoms with Crippen molar-refractivity contribution < 1.29 is 18.4 Å². The Morgan fingerprint density at radius 3 is 2.14 bits per heavy atom. The molecule has 3 heterocycles. The van der Waals surface area contributed by atoms with E-state index in [-0.39, 0.29) is 23.3 Å². The van der Waals surface area contributed by atoms with E-state index < -0.39 is 0 Å². The number of carbonyl (C=O) groups is 2. The standard InChI is InChI=1S/C27H29FN4O3/c28-20-9-11-21(12-10-20)30-15-17-32(18-16-30)26(33)23-8-4-3-7-22(23)25-24(29-19-35-25)27(34)31-13-5-1-2-6-14-31/h3-4,7-12,19H,1-2,5-6,13-18H2. The van der Waals surface area contributed by atoms with Crippen molar-refractivity contribution in [3.63, 3.8) is 0 Å². The molecule has 2 aliphatic rings. The summed E-state index contributed by atoms with van der Waals surface area (Å²) in [5.74, 6) is -0.178. The number of halogens is 1. The van der Waals surface area contributed by atoms with Gasteiger partial charge in [-0.1, -0.05) is 31.0 Å². The highest BCUT2D eigenvalue weighted by Crippen LogP contribution is 2.29. The average Bonchev–Trinajstić information content (AvgIpc) is 3.23. The minimum atomic E-state index is -0.264. The van der Waals surface area contributed by atoms with Gasteiger partial charge < -0.3 is 19.1 Å². The Morgan fingerprint density at radius 1 is 0.771 bits per heavy atom. The third-order valence-electron chi connectivity index (χ3n) is 6.82. The van der Waals surface area contributed by atoms with E-state index in [9.17, 15) is 14.0 Å². The second kappa shape index (κ2) is 10.3. The van der Waals surface area contributed by atoms with Gasteiger partial charge in [-0.2, -0.15) is 0 Å². The van der Waals surface area contributed by atoms with Gasteiger partial charge in [0.25, 0.3) is 11.8 Å². The maximum Gasteiger partial charge on any atom is 0.276 e. The van der Waals surface area contributed by atoms with E-state index in [1.807, 2.05) is 28.0 Å². The van der Waals surface area contributed by atoms with E-state index in [0.717, 1.165) is 31.4 Å². The first-order valence-corrected chi connectivity index (χ1v) is 12.2. The average molecular weight is 477 g/mol. The lowest BCUT2D eigenvalue weighted by molar-refractivity contribution is 0.0741. The first kappa shape index (κ1) is 23.1. The lowest BCUT2D eigenvalue weighted by atomic mass is 10.0. The number of piperazine rings is 1. The Balaban J connectivity index is 1.34. The predicted molar refractivity (Wildman–Crippen MR) is 131 cm³/mol. The van der Waals surface area contributed by atoms with Gasteiger partial charge in [0.15, 0.2) is 17.8 Å². The van der Waals surface area contributed by atoms with Crippen LogP contribution in [-0.2, 0) is 0 Å². The summed E-state index contributed by atoms with van der Waals surface area (Å²) in [6.07, 6.45) is 5.50. The molecular formula is C27H29FN4O3. The minimum absolute atomic E-state index is 0.107. The van der Waals surface area contributed by atoms with Crippen LogP contribution in [-0.4, -0.2) is 65.9 Å². The fourth-order valence-corrected chi connectivity index (χ4v) is 4.87. The predicted octanol–water partition coefficient (Wildman–Crippen LogP) is 4.46. The summed E-state index contributed by atoms with van der Waals surface area (Å²) in [4.78, 5) is 36.8. The van der Waals surface area contributed by atoms with Crippen LogP contribution in [0.2, 0.25) is 0 Å². The summed E-state index contributed by atoms with van der Waals surface area (Å²) in [5.41, 5.74) is 2.27. The molecule has 2 aliphatic heterocycles. The summed E-state index contributed by atoms with van der Waals surface area (Å²) in [6.45, 7) is 3.82. The number of benzene rings is 2. The Bertz CT molecular complexity index is 1180. The molecule has 35 heavy (non-hydrogen) atoms. The van der Waals surface area contributed by atoms with Gasteiger partial charge in [-0.15, -0.1) is 0 Å². The van der Waals surface area contributed by atoms with Gasteiger partial charge in [0.2, 0.25) is 0 Å². The SMILES string of the molecule is O=C(c1ccccc1-c1ocnc1C(=O)N1CCCCCC1)N1CCN(c2ccc(F)cc2)CC1. The van der Waals surface area contributed by atoms with Crippen LogP contribution in [0.25, 0.3) is 11.3 Å². The molecule has 0 spiro atoms. The smallest absolute Gasteiger partial charge is 0.276 e. The molecule has 0 aliphatic carbocycles. The number of hydrogen-bond acceptors (Lipinski definition) is 5. The van der Waals surface area contributed by atoms with Crippen molar-refractivity contribution in [1.82, 2.24) is 14.8 Å². The van der Waals surface area contributed by atoms with E-state index in [1.165, 1.54) is 18.5 Å². The number of oxazole rings is 1. The van der Waals surface area contributed by atoms with Crippen molar-refractivity contribution in [3.05, 3.63) is 72.0 Å². The zero-order chi connectivity index (χ0) is 24.2. The summed E-state index contributed by atoms with van der Waals surface area (Å²) in [5, 5.41) is 0. The van der Waals surface area contributed by atoms with Crippen LogP contribution < -0.4 is 4.90 Å². The number of anilines is 1. The van der Waals surface area contributed by atoms with Gasteiger partial charge in [0.05, 0.1) is 5.56 Å². The van der Waals surface area contributed by atoms with Crippen LogP contribution in [0.5, 0.6) is 0 Å². The number of amides is 2. The zero-order valence-corrected chi connectivity index (χ0v) is 19.7. The molecule has 1 aromatic heterocycles. The third kappa shape index (κ3) is 4.92. The Kier molecular flexibility index (Phi) is 6.79. The van der Waals surface area contributed by atoms with Gasteiger partial charge in [-0.25, -0.2) is 9.37 Å². The molecule has 0 unspecified atom stereocenters. The van der Waals surface area contributed by atoms with Crippen molar-refractivity contribution in [2.45, 2.75) is 25.7 Å². The first-order chi connectivity index (χ1) is 17.1. The maximum absolute atomic E-state index is 13.5. The molecule has 0 N–H and O–H groups in total. The van der Waals surface area contributed by atoms with Crippen LogP contribution in [0, 0.1) is 5.82 Å². The molecule has 5 rings (SSSR count). The number of rotatable bonds is 4. The van der Waals surface area contributed by atoms with E-state index in [2.05, 4.69) is 9.88 Å². The second-order valence-electron chi connectivity index (χ2n) is 9.04. The van der Waals surface area contributed by atoms with Crippen molar-refractivity contribution in [2.24, 2.45) is 0 Å². The normalized spacial score (nSPS) is 16.8. The highest BCUT2D eigenvalue weighted by molar-refractivity contribution is 6.04. The Hall–Kier alpha value is -3.68. The highest BCUT2D eigenvalue weighted by atomic mass is 19.1. The second-order valence-corrected chi connectivity index (χ2v) is 9.04. The quantitative estimate of drug-likeness (QED) is 0.556. The van der Waals surface area contributed by atoms with Crippen molar-refractivity contribution in [2.75, 3.05) is 44.2 Å². The fourth-order valence-electron chi connectivity index (χ4n) is 4.87. The Labute approximate surface area is 204 Å². The molecule has 2 aromatic carbocycles. The van der Waals surface area contributed by atoms with Crippen LogP contribution in [0.1, 0.15) is 46.5 Å². The lowest BCUT2D eigenvalue weighted by Gasteiger charge is -2.36. The Morgan fingerprint density at radius 2 is 1.43 bits per heavy atom. The largest absolute Gasteiger partial charge is 0.443 e. The van der Waals surface area contributed by atoms with Crippen molar-refractivity contribution in [3.8, 4) is 11.3 Å². The van der Waals surface area contributed by atoms with Crippen molar-refractivity contribution >= 4 is 17.5 Å². The first-order valence-electron chi connectivity index (χ1n) is 12.2. The number of aromatic nitrogens is 1. The van der Waals surface area contributed by atoms with Crippen LogP contribution in [0.15, 0.2) is 59.3 Å².